The van der Waals surface area contributed by atoms with E-state index in [0.717, 1.165) is 17.5 Å². The number of piperazine rings is 1. The van der Waals surface area contributed by atoms with Crippen LogP contribution in [0.2, 0.25) is 10.0 Å². The first kappa shape index (κ1) is 58.9. The van der Waals surface area contributed by atoms with Crippen LogP contribution in [0.15, 0.2) is 102 Å². The number of aromatic nitrogens is 3. The van der Waals surface area contributed by atoms with Crippen LogP contribution in [0.1, 0.15) is 95.2 Å². The summed E-state index contributed by atoms with van der Waals surface area (Å²) in [5.41, 5.74) is 12.0. The van der Waals surface area contributed by atoms with E-state index in [1.807, 2.05) is 55.1 Å². The highest BCUT2D eigenvalue weighted by molar-refractivity contribution is 6.30. The first-order chi connectivity index (χ1) is 40.6. The summed E-state index contributed by atoms with van der Waals surface area (Å²) in [5, 5.41) is 19.0. The van der Waals surface area contributed by atoms with E-state index in [9.17, 15) is 24.0 Å². The van der Waals surface area contributed by atoms with Gasteiger partial charge in [0, 0.05) is 85.2 Å². The molecule has 23 heteroatoms. The van der Waals surface area contributed by atoms with Crippen LogP contribution >= 0.6 is 23.2 Å². The topological polar surface area (TPSA) is 226 Å². The largest absolute Gasteiger partial charge is 0.497 e. The number of aliphatic imine (C=N–C) groups is 1. The van der Waals surface area contributed by atoms with E-state index in [-0.39, 0.29) is 113 Å². The molecule has 0 radical (unpaired) electrons. The van der Waals surface area contributed by atoms with Gasteiger partial charge in [0.25, 0.3) is 5.91 Å². The Labute approximate surface area is 496 Å². The van der Waals surface area contributed by atoms with E-state index in [1.165, 1.54) is 23.1 Å². The zero-order valence-corrected chi connectivity index (χ0v) is 48.6. The van der Waals surface area contributed by atoms with Crippen molar-refractivity contribution in [2.45, 2.75) is 70.4 Å². The molecule has 4 aromatic carbocycles. The highest BCUT2D eigenvalue weighted by Crippen LogP contribution is 2.47. The molecule has 5 amide bonds. The third kappa shape index (κ3) is 12.8. The van der Waals surface area contributed by atoms with Crippen molar-refractivity contribution in [2.24, 2.45) is 4.99 Å². The van der Waals surface area contributed by atoms with Gasteiger partial charge in [-0.2, -0.15) is 10.4 Å². The summed E-state index contributed by atoms with van der Waals surface area (Å²) in [6, 6.07) is 26.4. The summed E-state index contributed by atoms with van der Waals surface area (Å²) in [4.78, 5) is 74.3. The molecular weight excluding hydrogens is 1120 g/mol. The average molecular weight is 1180 g/mol. The van der Waals surface area contributed by atoms with Crippen molar-refractivity contribution in [3.8, 4) is 28.7 Å². The number of amides is 5. The quantitative estimate of drug-likeness (QED) is 0.0770. The van der Waals surface area contributed by atoms with Gasteiger partial charge in [-0.25, -0.2) is 14.2 Å². The Morgan fingerprint density at radius 2 is 1.61 bits per heavy atom. The summed E-state index contributed by atoms with van der Waals surface area (Å²) in [6.45, 7) is 6.22. The molecule has 2 aromatic heterocycles. The second-order valence-electron chi connectivity index (χ2n) is 21.1. The van der Waals surface area contributed by atoms with Gasteiger partial charge >= 0.3 is 6.03 Å². The van der Waals surface area contributed by atoms with E-state index in [2.05, 4.69) is 21.5 Å². The molecule has 6 heterocycles. The van der Waals surface area contributed by atoms with Gasteiger partial charge < -0.3 is 49.6 Å². The number of rotatable bonds is 18. The summed E-state index contributed by atoms with van der Waals surface area (Å²) in [5.74, 6) is 0.407. The molecule has 84 heavy (non-hydrogen) atoms. The van der Waals surface area contributed by atoms with Crippen molar-refractivity contribution in [2.75, 3.05) is 90.5 Å². The molecule has 0 saturated carbocycles. The van der Waals surface area contributed by atoms with Crippen LogP contribution in [0.5, 0.6) is 11.5 Å². The summed E-state index contributed by atoms with van der Waals surface area (Å²) in [7, 11) is 3.22. The van der Waals surface area contributed by atoms with E-state index in [4.69, 9.17) is 52.9 Å². The molecule has 20 nitrogen and oxygen atoms in total. The summed E-state index contributed by atoms with van der Waals surface area (Å²) in [6.07, 6.45) is 2.90. The monoisotopic (exact) mass is 1180 g/mol. The van der Waals surface area contributed by atoms with E-state index in [1.54, 1.807) is 76.1 Å². The van der Waals surface area contributed by atoms with Crippen molar-refractivity contribution in [3.63, 3.8) is 0 Å². The first-order valence-corrected chi connectivity index (χ1v) is 28.6. The van der Waals surface area contributed by atoms with E-state index < -0.39 is 23.9 Å². The molecule has 3 N–H and O–H groups in total. The van der Waals surface area contributed by atoms with E-state index in [0.29, 0.717) is 86.1 Å². The fourth-order valence-electron chi connectivity index (χ4n) is 11.3. The standard InChI is InChI=1S/C61H65Cl2FN12O8/c1-37(2)84-52-32-44(81-4)16-18-46(52)59-69-56(38-7-11-41(62)12-8-38)57(39-9-13-42(63)14-10-39)76(59)61(80)73-24-23-72(54(78)36-73)25-27-83-29-28-82-26-19-53(77)67-20-22-75-51-35-71(3)60(79)45-17-15-43(64)31-47(45)49-6-5-21-74(49)50-30-40(34-68-58(50)66)55(51)48(33-65)70-75/h7-18,30-32,34,37,49,56-57H,5-6,19-29,35-36H2,1-4H3,(H2,66,68)(H,67,77)/t49-,56+,57-/m1/s1. The number of nitriles is 1. The van der Waals surface area contributed by atoms with Crippen molar-refractivity contribution in [3.05, 3.63) is 152 Å². The number of hydrogen-bond acceptors (Lipinski definition) is 14. The third-order valence-electron chi connectivity index (χ3n) is 15.3. The van der Waals surface area contributed by atoms with Crippen molar-refractivity contribution in [1.29, 1.82) is 5.26 Å². The number of pyridine rings is 1. The number of nitrogens with two attached hydrogens (primary N) is 1. The highest BCUT2D eigenvalue weighted by atomic mass is 35.5. The van der Waals surface area contributed by atoms with Gasteiger partial charge in [0.05, 0.1) is 81.8 Å². The molecule has 6 aromatic rings. The van der Waals surface area contributed by atoms with Crippen LogP contribution in [0.4, 0.5) is 20.7 Å². The van der Waals surface area contributed by atoms with Gasteiger partial charge in [-0.15, -0.1) is 0 Å². The Kier molecular flexibility index (Phi) is 18.3. The maximum absolute atomic E-state index is 15.1. The maximum Gasteiger partial charge on any atom is 0.326 e. The zero-order chi connectivity index (χ0) is 59.2. The Morgan fingerprint density at radius 3 is 2.32 bits per heavy atom. The average Bonchev–Trinajstić information content (AvgIpc) is 4.09. The fraction of sp³-hybridized carbons (Fsp3) is 0.377. The number of ether oxygens (including phenoxy) is 4. The number of fused-ring (bicyclic) bond motifs is 8. The second-order valence-corrected chi connectivity index (χ2v) is 22.0. The first-order valence-electron chi connectivity index (χ1n) is 27.9. The summed E-state index contributed by atoms with van der Waals surface area (Å²) >= 11 is 12.7. The molecule has 2 bridgehead atoms. The number of nitrogens with one attached hydrogen (secondary N) is 1. The SMILES string of the molecule is COc1ccc(C2=N[C@@H](c3ccc(Cl)cc3)[C@@H](c3ccc(Cl)cc3)N2C(=O)N2CCN(CCOCCOCCC(=O)NCCn3nc(C#N)c4c3CN(C)C(=O)c3ccc(F)cc3[C@H]3CCCN3c3cc-4cnc3N)C(=O)C2)c(OC(C)C)c1. The Hall–Kier alpha value is -8.29. The number of anilines is 2. The smallest absolute Gasteiger partial charge is 0.326 e. The molecule has 4 aliphatic rings. The lowest BCUT2D eigenvalue weighted by Crippen LogP contribution is -2.56. The number of nitrogen functional groups attached to an aromatic ring is 1. The fourth-order valence-corrected chi connectivity index (χ4v) is 11.5. The lowest BCUT2D eigenvalue weighted by molar-refractivity contribution is -0.135. The van der Waals surface area contributed by atoms with Crippen LogP contribution in [0.3, 0.4) is 0 Å². The van der Waals surface area contributed by atoms with Gasteiger partial charge in [-0.1, -0.05) is 47.5 Å². The molecule has 438 valence electrons. The number of methoxy groups -OCH3 is 1. The number of halogens is 3. The molecule has 0 spiro atoms. The highest BCUT2D eigenvalue weighted by Gasteiger charge is 2.46. The number of benzene rings is 4. The normalized spacial score (nSPS) is 17.7. The number of amidine groups is 1. The lowest BCUT2D eigenvalue weighted by atomic mass is 9.93. The number of nitrogens with zero attached hydrogens (tertiary/aromatic N) is 10. The number of urea groups is 1. The Balaban J connectivity index is 0.717. The van der Waals surface area contributed by atoms with Gasteiger partial charge in [-0.3, -0.25) is 29.0 Å². The number of carbonyl (C=O) groups excluding carboxylic acids is 4. The van der Waals surface area contributed by atoms with Crippen LogP contribution in [0, 0.1) is 17.1 Å². The minimum absolute atomic E-state index is 0.0459. The van der Waals surface area contributed by atoms with Crippen LogP contribution in [0.25, 0.3) is 11.1 Å². The Morgan fingerprint density at radius 1 is 0.881 bits per heavy atom. The van der Waals surface area contributed by atoms with Crippen LogP contribution < -0.4 is 25.4 Å². The molecule has 2 saturated heterocycles. The minimum atomic E-state index is -0.641. The predicted octanol–water partition coefficient (Wildman–Crippen LogP) is 8.62. The van der Waals surface area contributed by atoms with Gasteiger partial charge in [0.1, 0.15) is 47.6 Å². The second kappa shape index (κ2) is 26.1. The van der Waals surface area contributed by atoms with Gasteiger partial charge in [0.15, 0.2) is 5.69 Å². The maximum atomic E-state index is 15.1. The molecule has 3 atom stereocenters. The number of hydrogen-bond donors (Lipinski definition) is 2. The molecule has 10 rings (SSSR count). The van der Waals surface area contributed by atoms with E-state index >= 15 is 4.79 Å². The van der Waals surface area contributed by atoms with Crippen molar-refractivity contribution >= 4 is 64.3 Å². The molecule has 0 aliphatic carbocycles. The molecule has 2 fully saturated rings. The van der Waals surface area contributed by atoms with Crippen LogP contribution in [-0.4, -0.2) is 150 Å². The molecule has 0 unspecified atom stereocenters. The molecular formula is C61H65Cl2FN12O8. The third-order valence-corrected chi connectivity index (χ3v) is 15.8. The minimum Gasteiger partial charge on any atom is -0.497 e. The van der Waals surface area contributed by atoms with Crippen molar-refractivity contribution in [1.82, 2.24) is 39.7 Å². The van der Waals surface area contributed by atoms with Gasteiger partial charge in [-0.05, 0) is 104 Å². The number of carbonyl (C=O) groups is 4. The van der Waals surface area contributed by atoms with Gasteiger partial charge in [0.2, 0.25) is 11.8 Å². The van der Waals surface area contributed by atoms with Crippen molar-refractivity contribution < 1.29 is 42.5 Å². The lowest BCUT2D eigenvalue weighted by Gasteiger charge is -2.38. The summed E-state index contributed by atoms with van der Waals surface area (Å²) < 4.78 is 39.9. The van der Waals surface area contributed by atoms with Crippen LogP contribution in [-0.2, 0) is 32.2 Å². The Bertz CT molecular complexity index is 3500. The zero-order valence-electron chi connectivity index (χ0n) is 47.1. The predicted molar refractivity (Wildman–Crippen MR) is 314 cm³/mol. The molecule has 4 aliphatic heterocycles.